The van der Waals surface area contributed by atoms with Gasteiger partial charge in [0.15, 0.2) is 0 Å². The van der Waals surface area contributed by atoms with Gasteiger partial charge in [-0.1, -0.05) is 110 Å². The standard InChI is InChI=1S/C47H30O2/c1-3-5-11-28(4-2)30-18-22-34-32(26-30)20-24-38-42-36-14-10-17-41-45(36)43(37-15-9-16-40(44(37)42)48-46(34)38)39-25-21-33-27-31(29-12-7-6-8-13-29)19-23-35(33)47(39)49-41/h3-27H,1H2,2H3/b11-5-,28-4+. The lowest BCUT2D eigenvalue weighted by atomic mass is 9.89. The van der Waals surface area contributed by atoms with Gasteiger partial charge in [-0.3, -0.25) is 0 Å². The number of fused-ring (bicyclic) bond motifs is 10. The monoisotopic (exact) mass is 626 g/mol. The van der Waals surface area contributed by atoms with Crippen molar-refractivity contribution in [3.05, 3.63) is 164 Å². The van der Waals surface area contributed by atoms with Gasteiger partial charge in [0.2, 0.25) is 0 Å². The summed E-state index contributed by atoms with van der Waals surface area (Å²) in [4.78, 5) is 0. The summed E-state index contributed by atoms with van der Waals surface area (Å²) >= 11 is 0. The predicted octanol–water partition coefficient (Wildman–Crippen LogP) is 13.9. The van der Waals surface area contributed by atoms with E-state index in [4.69, 9.17) is 8.83 Å². The van der Waals surface area contributed by atoms with Gasteiger partial charge < -0.3 is 8.83 Å². The number of benzene rings is 8. The van der Waals surface area contributed by atoms with Crippen LogP contribution in [0, 0.1) is 0 Å². The van der Waals surface area contributed by atoms with Gasteiger partial charge in [-0.2, -0.15) is 0 Å². The highest BCUT2D eigenvalue weighted by Gasteiger charge is 2.21. The Morgan fingerprint density at radius 1 is 0.510 bits per heavy atom. The quantitative estimate of drug-likeness (QED) is 0.110. The summed E-state index contributed by atoms with van der Waals surface area (Å²) in [6.45, 7) is 5.90. The molecule has 10 rings (SSSR count). The lowest BCUT2D eigenvalue weighted by molar-refractivity contribution is 0.665. The molecule has 0 fully saturated rings. The van der Waals surface area contributed by atoms with E-state index in [2.05, 4.69) is 153 Å². The Bertz CT molecular complexity index is 3060. The molecule has 0 spiro atoms. The zero-order valence-corrected chi connectivity index (χ0v) is 27.0. The molecule has 0 N–H and O–H groups in total. The summed E-state index contributed by atoms with van der Waals surface area (Å²) in [7, 11) is 0. The first-order chi connectivity index (χ1) is 24.2. The van der Waals surface area contributed by atoms with Gasteiger partial charge in [0, 0.05) is 43.1 Å². The third-order valence-corrected chi connectivity index (χ3v) is 10.2. The van der Waals surface area contributed by atoms with Gasteiger partial charge >= 0.3 is 0 Å². The van der Waals surface area contributed by atoms with Crippen LogP contribution in [0.1, 0.15) is 12.5 Å². The van der Waals surface area contributed by atoms with Crippen LogP contribution in [0.2, 0.25) is 0 Å². The second kappa shape index (κ2) is 10.6. The molecule has 2 heterocycles. The van der Waals surface area contributed by atoms with Crippen molar-refractivity contribution in [3.63, 3.8) is 0 Å². The molecule has 230 valence electrons. The molecule has 8 aromatic carbocycles. The molecule has 0 unspecified atom stereocenters. The molecular formula is C47H30O2. The fourth-order valence-electron chi connectivity index (χ4n) is 7.95. The summed E-state index contributed by atoms with van der Waals surface area (Å²) < 4.78 is 13.8. The van der Waals surface area contributed by atoms with Crippen molar-refractivity contribution in [2.75, 3.05) is 0 Å². The topological polar surface area (TPSA) is 26.3 Å². The van der Waals surface area contributed by atoms with Crippen LogP contribution in [-0.4, -0.2) is 0 Å². The molecule has 2 aromatic heterocycles. The minimum Gasteiger partial charge on any atom is -0.455 e. The van der Waals surface area contributed by atoms with E-state index in [-0.39, 0.29) is 0 Å². The predicted molar refractivity (Wildman–Crippen MR) is 209 cm³/mol. The SMILES string of the molecule is C=C/C=C\C(=C/C)c1ccc2c(ccc3c2oc2cccc4c2c3c2cccc3oc5c6ccc(-c7ccccc7)cc6ccc5c4c32)c1. The van der Waals surface area contributed by atoms with E-state index in [0.717, 1.165) is 76.6 Å². The Morgan fingerprint density at radius 2 is 1.10 bits per heavy atom. The summed E-state index contributed by atoms with van der Waals surface area (Å²) in [5.41, 5.74) is 8.27. The largest absolute Gasteiger partial charge is 0.455 e. The Hall–Kier alpha value is -6.38. The van der Waals surface area contributed by atoms with Crippen molar-refractivity contribution in [1.29, 1.82) is 0 Å². The molecule has 0 saturated carbocycles. The van der Waals surface area contributed by atoms with Crippen molar-refractivity contribution in [2.45, 2.75) is 6.92 Å². The summed E-state index contributed by atoms with van der Waals surface area (Å²) in [6.07, 6.45) is 8.00. The van der Waals surface area contributed by atoms with Crippen molar-refractivity contribution in [2.24, 2.45) is 0 Å². The molecule has 0 aliphatic rings. The van der Waals surface area contributed by atoms with Crippen molar-refractivity contribution < 1.29 is 8.83 Å². The summed E-state index contributed by atoms with van der Waals surface area (Å²) in [5.74, 6) is 0. The highest BCUT2D eigenvalue weighted by atomic mass is 16.3. The Kier molecular flexibility index (Phi) is 5.97. The van der Waals surface area contributed by atoms with E-state index >= 15 is 0 Å². The first-order valence-electron chi connectivity index (χ1n) is 16.7. The number of hydrogen-bond acceptors (Lipinski definition) is 2. The Morgan fingerprint density at radius 3 is 1.71 bits per heavy atom. The van der Waals surface area contributed by atoms with E-state index < -0.39 is 0 Å². The van der Waals surface area contributed by atoms with Crippen molar-refractivity contribution in [1.82, 2.24) is 0 Å². The first-order valence-corrected chi connectivity index (χ1v) is 16.7. The molecule has 49 heavy (non-hydrogen) atoms. The summed E-state index contributed by atoms with van der Waals surface area (Å²) in [6, 6.07) is 45.7. The smallest absolute Gasteiger partial charge is 0.143 e. The molecule has 0 radical (unpaired) electrons. The highest BCUT2D eigenvalue weighted by Crippen LogP contribution is 2.48. The minimum atomic E-state index is 0.879. The fourth-order valence-corrected chi connectivity index (χ4v) is 7.95. The second-order valence-electron chi connectivity index (χ2n) is 12.8. The van der Waals surface area contributed by atoms with Crippen LogP contribution in [0.15, 0.2) is 167 Å². The zero-order valence-electron chi connectivity index (χ0n) is 27.0. The highest BCUT2D eigenvalue weighted by molar-refractivity contribution is 6.40. The molecule has 0 atom stereocenters. The molecule has 0 saturated heterocycles. The van der Waals surface area contributed by atoms with Crippen molar-refractivity contribution in [3.8, 4) is 11.1 Å². The van der Waals surface area contributed by atoms with Crippen LogP contribution >= 0.6 is 0 Å². The average molecular weight is 627 g/mol. The number of allylic oxidation sites excluding steroid dienone is 5. The maximum absolute atomic E-state index is 6.89. The van der Waals surface area contributed by atoms with Crippen LogP contribution < -0.4 is 0 Å². The Balaban J connectivity index is 1.29. The maximum atomic E-state index is 6.89. The van der Waals surface area contributed by atoms with E-state index in [1.165, 1.54) is 32.7 Å². The van der Waals surface area contributed by atoms with E-state index in [9.17, 15) is 0 Å². The van der Waals surface area contributed by atoms with Gasteiger partial charge in [0.05, 0.1) is 0 Å². The summed E-state index contributed by atoms with van der Waals surface area (Å²) in [5, 5.41) is 13.7. The van der Waals surface area contributed by atoms with Crippen molar-refractivity contribution >= 4 is 92.5 Å². The third-order valence-electron chi connectivity index (χ3n) is 10.2. The zero-order chi connectivity index (χ0) is 32.6. The molecular weight excluding hydrogens is 597 g/mol. The van der Waals surface area contributed by atoms with E-state index in [1.54, 1.807) is 6.08 Å². The minimum absolute atomic E-state index is 0.879. The molecule has 0 bridgehead atoms. The van der Waals surface area contributed by atoms with Crippen LogP contribution in [-0.2, 0) is 0 Å². The molecule has 0 aliphatic heterocycles. The maximum Gasteiger partial charge on any atom is 0.143 e. The van der Waals surface area contributed by atoms with Crippen LogP contribution in [0.3, 0.4) is 0 Å². The second-order valence-corrected chi connectivity index (χ2v) is 12.8. The van der Waals surface area contributed by atoms with Gasteiger partial charge in [0.25, 0.3) is 0 Å². The van der Waals surface area contributed by atoms with Crippen LogP contribution in [0.5, 0.6) is 0 Å². The van der Waals surface area contributed by atoms with Crippen LogP contribution in [0.4, 0.5) is 0 Å². The molecule has 2 heteroatoms. The average Bonchev–Trinajstić information content (AvgIpc) is 3.16. The normalized spacial score (nSPS) is 12.7. The third kappa shape index (κ3) is 4.01. The number of hydrogen-bond donors (Lipinski definition) is 0. The van der Waals surface area contributed by atoms with Crippen LogP contribution in [0.25, 0.3) is 104 Å². The number of rotatable bonds is 4. The van der Waals surface area contributed by atoms with Gasteiger partial charge in [-0.05, 0) is 99.3 Å². The molecule has 2 nitrogen and oxygen atoms in total. The van der Waals surface area contributed by atoms with E-state index in [0.29, 0.717) is 0 Å². The molecule has 0 aliphatic carbocycles. The van der Waals surface area contributed by atoms with Gasteiger partial charge in [-0.15, -0.1) is 0 Å². The molecule has 0 amide bonds. The lowest BCUT2D eigenvalue weighted by Gasteiger charge is -2.18. The molecule has 10 aromatic rings. The van der Waals surface area contributed by atoms with Gasteiger partial charge in [0.1, 0.15) is 22.3 Å². The van der Waals surface area contributed by atoms with Gasteiger partial charge in [-0.25, -0.2) is 0 Å². The fraction of sp³-hybridized carbons (Fsp3) is 0.0213. The van der Waals surface area contributed by atoms with E-state index in [1.807, 2.05) is 6.08 Å². The Labute approximate surface area is 282 Å². The lowest BCUT2D eigenvalue weighted by Crippen LogP contribution is -1.91. The first kappa shape index (κ1) is 27.7.